The van der Waals surface area contributed by atoms with E-state index in [1.165, 1.54) is 23.1 Å². The van der Waals surface area contributed by atoms with Gasteiger partial charge in [0.05, 0.1) is 4.34 Å². The van der Waals surface area contributed by atoms with Gasteiger partial charge in [0.25, 0.3) is 0 Å². The minimum Gasteiger partial charge on any atom is -0.480 e. The summed E-state index contributed by atoms with van der Waals surface area (Å²) in [7, 11) is 0. The number of hydrogen-bond donors (Lipinski definition) is 2. The Morgan fingerprint density at radius 1 is 1.48 bits per heavy atom. The van der Waals surface area contributed by atoms with Gasteiger partial charge in [-0.25, -0.2) is 9.59 Å². The second kappa shape index (κ2) is 7.91. The molecule has 2 N–H and O–H groups in total. The van der Waals surface area contributed by atoms with Crippen LogP contribution in [0.25, 0.3) is 0 Å². The quantitative estimate of drug-likeness (QED) is 0.818. The van der Waals surface area contributed by atoms with Gasteiger partial charge in [-0.1, -0.05) is 11.6 Å². The minimum absolute atomic E-state index is 0.254. The number of hydrogen-bond acceptors (Lipinski definition) is 5. The Bertz CT molecular complexity index is 499. The molecule has 118 valence electrons. The van der Waals surface area contributed by atoms with Gasteiger partial charge in [0.1, 0.15) is 11.6 Å². The lowest BCUT2D eigenvalue weighted by Crippen LogP contribution is -2.44. The van der Waals surface area contributed by atoms with Crippen molar-refractivity contribution in [3.63, 3.8) is 0 Å². The van der Waals surface area contributed by atoms with Gasteiger partial charge in [-0.2, -0.15) is 11.8 Å². The highest BCUT2D eigenvalue weighted by molar-refractivity contribution is 7.98. The normalized spacial score (nSPS) is 12.8. The number of nitrogens with one attached hydrogen (secondary N) is 1. The van der Waals surface area contributed by atoms with Gasteiger partial charge in [-0.3, -0.25) is 0 Å². The number of thioether (sulfide) groups is 1. The molecule has 0 radical (unpaired) electrons. The first-order valence-corrected chi connectivity index (χ1v) is 8.56. The van der Waals surface area contributed by atoms with Crippen LogP contribution in [-0.4, -0.2) is 34.6 Å². The maximum atomic E-state index is 11.6. The predicted octanol–water partition coefficient (Wildman–Crippen LogP) is 3.61. The molecule has 0 aromatic carbocycles. The van der Waals surface area contributed by atoms with Crippen LogP contribution < -0.4 is 5.32 Å². The van der Waals surface area contributed by atoms with Crippen molar-refractivity contribution in [1.82, 2.24) is 5.32 Å². The van der Waals surface area contributed by atoms with Crippen molar-refractivity contribution in [3.8, 4) is 0 Å². The highest BCUT2D eigenvalue weighted by Gasteiger charge is 2.23. The predicted molar refractivity (Wildman–Crippen MR) is 86.3 cm³/mol. The molecule has 0 saturated heterocycles. The second-order valence-electron chi connectivity index (χ2n) is 5.26. The van der Waals surface area contributed by atoms with E-state index in [1.54, 1.807) is 26.8 Å². The molecule has 1 heterocycles. The largest absolute Gasteiger partial charge is 0.480 e. The maximum absolute atomic E-state index is 11.6. The van der Waals surface area contributed by atoms with Crippen molar-refractivity contribution in [2.45, 2.75) is 38.2 Å². The molecule has 0 spiro atoms. The van der Waals surface area contributed by atoms with Gasteiger partial charge in [-0.05, 0) is 32.9 Å². The van der Waals surface area contributed by atoms with Crippen molar-refractivity contribution in [2.24, 2.45) is 0 Å². The Kier molecular flexibility index (Phi) is 6.83. The molecule has 0 fully saturated rings. The molecule has 0 aliphatic heterocycles. The molecule has 0 aliphatic rings. The first-order valence-electron chi connectivity index (χ1n) is 6.21. The summed E-state index contributed by atoms with van der Waals surface area (Å²) in [4.78, 5) is 23.8. The lowest BCUT2D eigenvalue weighted by molar-refractivity contribution is -0.138. The van der Waals surface area contributed by atoms with E-state index in [1.807, 2.05) is 6.07 Å². The number of carboxylic acid groups (broad SMARTS) is 1. The van der Waals surface area contributed by atoms with Crippen LogP contribution in [0.2, 0.25) is 4.34 Å². The summed E-state index contributed by atoms with van der Waals surface area (Å²) in [6.45, 7) is 5.16. The van der Waals surface area contributed by atoms with E-state index in [-0.39, 0.29) is 5.75 Å². The molecule has 1 aromatic rings. The van der Waals surface area contributed by atoms with Crippen molar-refractivity contribution < 1.29 is 19.4 Å². The van der Waals surface area contributed by atoms with Gasteiger partial charge < -0.3 is 15.2 Å². The number of alkyl carbamates (subject to hydrolysis) is 1. The van der Waals surface area contributed by atoms with Crippen molar-refractivity contribution in [2.75, 3.05) is 5.75 Å². The minimum atomic E-state index is -1.09. The summed E-state index contributed by atoms with van der Waals surface area (Å²) in [6, 6.07) is 2.72. The van der Waals surface area contributed by atoms with E-state index in [9.17, 15) is 9.59 Å². The average molecular weight is 352 g/mol. The third-order valence-electron chi connectivity index (χ3n) is 2.15. The molecule has 1 aromatic heterocycles. The van der Waals surface area contributed by atoms with E-state index < -0.39 is 23.7 Å². The molecule has 8 heteroatoms. The van der Waals surface area contributed by atoms with Gasteiger partial charge >= 0.3 is 12.1 Å². The fourth-order valence-electron chi connectivity index (χ4n) is 1.33. The van der Waals surface area contributed by atoms with Gasteiger partial charge in [0, 0.05) is 16.4 Å². The molecule has 0 bridgehead atoms. The van der Waals surface area contributed by atoms with Crippen molar-refractivity contribution in [3.05, 3.63) is 21.3 Å². The Balaban J connectivity index is 2.43. The van der Waals surface area contributed by atoms with Gasteiger partial charge in [0.15, 0.2) is 0 Å². The highest BCUT2D eigenvalue weighted by atomic mass is 35.5. The number of thiophene rings is 1. The summed E-state index contributed by atoms with van der Waals surface area (Å²) < 4.78 is 5.75. The van der Waals surface area contributed by atoms with Crippen molar-refractivity contribution in [1.29, 1.82) is 0 Å². The molecule has 1 amide bonds. The molecule has 1 rings (SSSR count). The highest BCUT2D eigenvalue weighted by Crippen LogP contribution is 2.25. The molecular formula is C13H18ClNO4S2. The molecule has 21 heavy (non-hydrogen) atoms. The monoisotopic (exact) mass is 351 g/mol. The first kappa shape index (κ1) is 18.1. The number of ether oxygens (including phenoxy) is 1. The number of amides is 1. The van der Waals surface area contributed by atoms with Crippen LogP contribution in [0.15, 0.2) is 12.1 Å². The summed E-state index contributed by atoms with van der Waals surface area (Å²) in [6.07, 6.45) is -0.727. The van der Waals surface area contributed by atoms with E-state index in [0.717, 1.165) is 4.88 Å². The van der Waals surface area contributed by atoms with Crippen LogP contribution in [0.1, 0.15) is 25.6 Å². The van der Waals surface area contributed by atoms with Crippen LogP contribution in [0.4, 0.5) is 4.79 Å². The van der Waals surface area contributed by atoms with Crippen LogP contribution in [0.3, 0.4) is 0 Å². The molecular weight excluding hydrogens is 334 g/mol. The number of aliphatic carboxylic acids is 1. The van der Waals surface area contributed by atoms with E-state index in [0.29, 0.717) is 10.1 Å². The van der Waals surface area contributed by atoms with E-state index in [2.05, 4.69) is 5.32 Å². The Hall–Kier alpha value is -0.920. The Labute approximate surface area is 137 Å². The smallest absolute Gasteiger partial charge is 0.408 e. The molecule has 1 atom stereocenters. The van der Waals surface area contributed by atoms with E-state index >= 15 is 0 Å². The fourth-order valence-corrected chi connectivity index (χ4v) is 3.58. The summed E-state index contributed by atoms with van der Waals surface area (Å²) in [5.74, 6) is -0.182. The second-order valence-corrected chi connectivity index (χ2v) is 8.09. The van der Waals surface area contributed by atoms with Crippen LogP contribution in [0.5, 0.6) is 0 Å². The van der Waals surface area contributed by atoms with Crippen molar-refractivity contribution >= 4 is 46.8 Å². The zero-order chi connectivity index (χ0) is 16.0. The topological polar surface area (TPSA) is 75.6 Å². The number of carboxylic acids is 1. The number of rotatable bonds is 6. The Morgan fingerprint density at radius 3 is 2.62 bits per heavy atom. The average Bonchev–Trinajstić information content (AvgIpc) is 2.71. The Morgan fingerprint density at radius 2 is 2.14 bits per heavy atom. The lowest BCUT2D eigenvalue weighted by atomic mass is 10.2. The van der Waals surface area contributed by atoms with Crippen LogP contribution in [-0.2, 0) is 15.3 Å². The molecule has 5 nitrogen and oxygen atoms in total. The van der Waals surface area contributed by atoms with Crippen LogP contribution in [0, 0.1) is 0 Å². The fraction of sp³-hybridized carbons (Fsp3) is 0.538. The first-order chi connectivity index (χ1) is 9.67. The summed E-state index contributed by atoms with van der Waals surface area (Å²) in [5, 5.41) is 11.5. The lowest BCUT2D eigenvalue weighted by Gasteiger charge is -2.21. The number of carbonyl (C=O) groups is 2. The van der Waals surface area contributed by atoms with E-state index in [4.69, 9.17) is 21.4 Å². The molecule has 0 saturated carbocycles. The number of halogens is 1. The third-order valence-corrected chi connectivity index (χ3v) is 4.64. The summed E-state index contributed by atoms with van der Waals surface area (Å²) >= 11 is 8.70. The van der Waals surface area contributed by atoms with Gasteiger partial charge in [0.2, 0.25) is 0 Å². The van der Waals surface area contributed by atoms with Crippen LogP contribution >= 0.6 is 34.7 Å². The summed E-state index contributed by atoms with van der Waals surface area (Å²) in [5.41, 5.74) is -0.659. The molecule has 1 unspecified atom stereocenters. The maximum Gasteiger partial charge on any atom is 0.408 e. The zero-order valence-corrected chi connectivity index (χ0v) is 14.4. The molecule has 0 aliphatic carbocycles. The SMILES string of the molecule is CC(C)(C)OC(=O)NC(CSCc1ccc(Cl)s1)C(=O)O. The third kappa shape index (κ3) is 7.59. The standard InChI is InChI=1S/C13H18ClNO4S2/c1-13(2,3)19-12(18)15-9(11(16)17)7-20-6-8-4-5-10(14)21-8/h4-5,9H,6-7H2,1-3H3,(H,15,18)(H,16,17). The van der Waals surface area contributed by atoms with Gasteiger partial charge in [-0.15, -0.1) is 11.3 Å². The zero-order valence-electron chi connectivity index (χ0n) is 12.0. The number of carbonyl (C=O) groups excluding carboxylic acids is 1.